The molecule has 0 saturated heterocycles. The number of carbonyl (C=O) groups excluding carboxylic acids is 1. The molecule has 1 fully saturated rings. The predicted molar refractivity (Wildman–Crippen MR) is 111 cm³/mol. The van der Waals surface area contributed by atoms with E-state index in [4.69, 9.17) is 4.74 Å². The molecule has 31 heavy (non-hydrogen) atoms. The summed E-state index contributed by atoms with van der Waals surface area (Å²) >= 11 is 0. The Morgan fingerprint density at radius 1 is 1.16 bits per heavy atom. The Hall–Kier alpha value is -2.51. The lowest BCUT2D eigenvalue weighted by atomic mass is 9.68. The topological polar surface area (TPSA) is 73.9 Å². The van der Waals surface area contributed by atoms with Crippen LogP contribution in [0.3, 0.4) is 0 Å². The number of non-ortho nitro benzene ring substituents is 1. The molecular formula is C23H28ClFN2O4. The first-order valence-corrected chi connectivity index (χ1v) is 10.3. The van der Waals surface area contributed by atoms with Gasteiger partial charge in [-0.05, 0) is 42.7 Å². The van der Waals surface area contributed by atoms with Gasteiger partial charge in [-0.3, -0.25) is 10.1 Å². The highest BCUT2D eigenvalue weighted by Gasteiger charge is 2.45. The third kappa shape index (κ3) is 6.02. The molecular weight excluding hydrogens is 423 g/mol. The van der Waals surface area contributed by atoms with Crippen molar-refractivity contribution in [3.63, 3.8) is 0 Å². The van der Waals surface area contributed by atoms with Crippen LogP contribution in [0.25, 0.3) is 0 Å². The van der Waals surface area contributed by atoms with Crippen molar-refractivity contribution < 1.29 is 36.2 Å². The summed E-state index contributed by atoms with van der Waals surface area (Å²) < 4.78 is 20.1. The summed E-state index contributed by atoms with van der Waals surface area (Å²) in [5.41, 5.74) is 0.508. The normalized spacial score (nSPS) is 16.3. The number of benzene rings is 2. The van der Waals surface area contributed by atoms with Gasteiger partial charge in [0.05, 0.1) is 36.5 Å². The quantitative estimate of drug-likeness (QED) is 0.383. The number of nitro benzene ring substituents is 1. The number of ether oxygens (including phenoxy) is 1. The van der Waals surface area contributed by atoms with Crippen molar-refractivity contribution in [1.82, 2.24) is 0 Å². The number of nitrogens with zero attached hydrogens (tertiary/aromatic N) is 1. The molecule has 1 saturated carbocycles. The Morgan fingerprint density at radius 2 is 1.81 bits per heavy atom. The van der Waals surface area contributed by atoms with Gasteiger partial charge in [0.1, 0.15) is 11.9 Å². The molecule has 3 rings (SSSR count). The second kappa shape index (κ2) is 10.7. The Morgan fingerprint density at radius 3 is 2.35 bits per heavy atom. The second-order valence-electron chi connectivity index (χ2n) is 8.45. The second-order valence-corrected chi connectivity index (χ2v) is 8.45. The third-order valence-electron chi connectivity index (χ3n) is 5.80. The number of carbonyl (C=O) groups is 1. The fourth-order valence-electron chi connectivity index (χ4n) is 4.60. The molecule has 168 valence electrons. The lowest BCUT2D eigenvalue weighted by Crippen LogP contribution is -3.07. The van der Waals surface area contributed by atoms with Gasteiger partial charge in [0.15, 0.2) is 0 Å². The Bertz CT molecular complexity index is 899. The van der Waals surface area contributed by atoms with Crippen LogP contribution in [0.2, 0.25) is 0 Å². The van der Waals surface area contributed by atoms with E-state index in [0.717, 1.165) is 38.6 Å². The van der Waals surface area contributed by atoms with Gasteiger partial charge >= 0.3 is 5.97 Å². The number of nitrogens with one attached hydrogen (secondary N) is 1. The van der Waals surface area contributed by atoms with Crippen LogP contribution in [-0.2, 0) is 4.74 Å². The van der Waals surface area contributed by atoms with E-state index in [1.807, 2.05) is 0 Å². The van der Waals surface area contributed by atoms with Crippen molar-refractivity contribution in [2.75, 3.05) is 20.6 Å². The lowest BCUT2D eigenvalue weighted by Gasteiger charge is -2.43. The van der Waals surface area contributed by atoms with Crippen LogP contribution in [0.5, 0.6) is 0 Å². The zero-order valence-electron chi connectivity index (χ0n) is 17.8. The molecule has 6 nitrogen and oxygen atoms in total. The van der Waals surface area contributed by atoms with Crippen LogP contribution < -0.4 is 17.3 Å². The first-order valence-electron chi connectivity index (χ1n) is 10.3. The number of quaternary nitrogens is 1. The summed E-state index contributed by atoms with van der Waals surface area (Å²) in [6.07, 6.45) is 4.41. The number of esters is 1. The maximum Gasteiger partial charge on any atom is 0.338 e. The molecule has 2 aromatic carbocycles. The molecule has 1 aliphatic carbocycles. The van der Waals surface area contributed by atoms with Crippen molar-refractivity contribution in [1.29, 1.82) is 0 Å². The lowest BCUT2D eigenvalue weighted by molar-refractivity contribution is -0.867. The van der Waals surface area contributed by atoms with E-state index >= 15 is 0 Å². The van der Waals surface area contributed by atoms with Gasteiger partial charge in [0, 0.05) is 12.1 Å². The maximum atomic E-state index is 14.1. The van der Waals surface area contributed by atoms with Crippen LogP contribution >= 0.6 is 0 Å². The number of halogens is 2. The summed E-state index contributed by atoms with van der Waals surface area (Å²) in [4.78, 5) is 24.6. The summed E-state index contributed by atoms with van der Waals surface area (Å²) in [5, 5.41) is 10.9. The minimum Gasteiger partial charge on any atom is -1.00 e. The van der Waals surface area contributed by atoms with Gasteiger partial charge < -0.3 is 22.0 Å². The standard InChI is InChI=1S/C23H27FN2O4.ClH/c1-25(2)16-23(13-4-3-5-14-23)21(18-7-6-8-19(24)15-18)30-22(27)17-9-11-20(12-10-17)26(28)29;/h6-12,15,21H,3-5,13-14,16H2,1-2H3;1H. The molecule has 2 aromatic rings. The molecule has 8 heteroatoms. The van der Waals surface area contributed by atoms with E-state index < -0.39 is 17.0 Å². The summed E-state index contributed by atoms with van der Waals surface area (Å²) in [7, 11) is 4.13. The van der Waals surface area contributed by atoms with Crippen LogP contribution in [-0.4, -0.2) is 31.5 Å². The molecule has 0 amide bonds. The summed E-state index contributed by atoms with van der Waals surface area (Å²) in [6.45, 7) is 0.793. The number of rotatable bonds is 7. The Kier molecular flexibility index (Phi) is 8.53. The highest BCUT2D eigenvalue weighted by molar-refractivity contribution is 5.89. The Labute approximate surface area is 188 Å². The molecule has 0 radical (unpaired) electrons. The highest BCUT2D eigenvalue weighted by atomic mass is 35.5. The van der Waals surface area contributed by atoms with E-state index in [0.29, 0.717) is 5.56 Å². The van der Waals surface area contributed by atoms with Gasteiger partial charge in [-0.15, -0.1) is 0 Å². The van der Waals surface area contributed by atoms with E-state index in [-0.39, 0.29) is 34.9 Å². The molecule has 1 atom stereocenters. The molecule has 0 heterocycles. The zero-order chi connectivity index (χ0) is 21.7. The largest absolute Gasteiger partial charge is 1.00 e. The average Bonchev–Trinajstić information content (AvgIpc) is 2.72. The van der Waals surface area contributed by atoms with Crippen LogP contribution in [0.15, 0.2) is 48.5 Å². The SMILES string of the molecule is C[NH+](C)CC1(C(OC(=O)c2ccc([N+](=O)[O-])cc2)c2cccc(F)c2)CCCCC1.[Cl-]. The van der Waals surface area contributed by atoms with Gasteiger partial charge in [-0.2, -0.15) is 0 Å². The maximum absolute atomic E-state index is 14.1. The molecule has 0 aromatic heterocycles. The van der Waals surface area contributed by atoms with Crippen LogP contribution in [0, 0.1) is 21.3 Å². The molecule has 1 unspecified atom stereocenters. The van der Waals surface area contributed by atoms with Crippen molar-refractivity contribution >= 4 is 11.7 Å². The van der Waals surface area contributed by atoms with Crippen molar-refractivity contribution in [2.45, 2.75) is 38.2 Å². The van der Waals surface area contributed by atoms with Gasteiger partial charge in [0.2, 0.25) is 0 Å². The molecule has 1 aliphatic rings. The molecule has 0 bridgehead atoms. The van der Waals surface area contributed by atoms with Crippen LogP contribution in [0.1, 0.15) is 54.1 Å². The monoisotopic (exact) mass is 450 g/mol. The number of hydrogen-bond donors (Lipinski definition) is 1. The minimum atomic E-state index is -0.592. The highest BCUT2D eigenvalue weighted by Crippen LogP contribution is 2.47. The summed E-state index contributed by atoms with van der Waals surface area (Å²) in [5.74, 6) is -0.926. The number of hydrogen-bond acceptors (Lipinski definition) is 4. The molecule has 1 N–H and O–H groups in total. The summed E-state index contributed by atoms with van der Waals surface area (Å²) in [6, 6.07) is 11.6. The first kappa shape index (κ1) is 24.8. The average molecular weight is 451 g/mol. The first-order chi connectivity index (χ1) is 14.3. The van der Waals surface area contributed by atoms with Crippen molar-refractivity contribution in [3.8, 4) is 0 Å². The van der Waals surface area contributed by atoms with E-state index in [9.17, 15) is 19.3 Å². The fourth-order valence-corrected chi connectivity index (χ4v) is 4.60. The zero-order valence-corrected chi connectivity index (χ0v) is 18.5. The van der Waals surface area contributed by atoms with Crippen molar-refractivity contribution in [2.24, 2.45) is 5.41 Å². The minimum absolute atomic E-state index is 0. The van der Waals surface area contributed by atoms with Crippen molar-refractivity contribution in [3.05, 3.63) is 75.6 Å². The third-order valence-corrected chi connectivity index (χ3v) is 5.80. The van der Waals surface area contributed by atoms with Gasteiger partial charge in [-0.1, -0.05) is 31.4 Å². The smallest absolute Gasteiger partial charge is 0.338 e. The number of nitro groups is 1. The van der Waals surface area contributed by atoms with E-state index in [2.05, 4.69) is 14.1 Å². The molecule has 0 spiro atoms. The van der Waals surface area contributed by atoms with Gasteiger partial charge in [0.25, 0.3) is 5.69 Å². The van der Waals surface area contributed by atoms with Gasteiger partial charge in [-0.25, -0.2) is 9.18 Å². The molecule has 0 aliphatic heterocycles. The van der Waals surface area contributed by atoms with E-state index in [1.165, 1.54) is 41.3 Å². The Balaban J connectivity index is 0.00000341. The predicted octanol–water partition coefficient (Wildman–Crippen LogP) is 0.731. The fraction of sp³-hybridized carbons (Fsp3) is 0.435. The van der Waals surface area contributed by atoms with E-state index in [1.54, 1.807) is 12.1 Å². The van der Waals surface area contributed by atoms with Crippen LogP contribution in [0.4, 0.5) is 10.1 Å².